The molecular weight excluding hydrogens is 241 g/mol. The zero-order chi connectivity index (χ0) is 11.5. The van der Waals surface area contributed by atoms with E-state index in [1.807, 2.05) is 19.0 Å². The fourth-order valence-corrected chi connectivity index (χ4v) is 1.10. The topological polar surface area (TPSA) is 3.24 Å². The van der Waals surface area contributed by atoms with Gasteiger partial charge >= 0.3 is 58.4 Å². The van der Waals surface area contributed by atoms with Crippen LogP contribution in [0.2, 0.25) is 0 Å². The zero-order valence-electron chi connectivity index (χ0n) is 9.62. The molecule has 0 unspecified atom stereocenters. The molecule has 0 fully saturated rings. The van der Waals surface area contributed by atoms with Crippen LogP contribution in [0.25, 0.3) is 6.08 Å². The second-order valence-corrected chi connectivity index (χ2v) is 3.47. The summed E-state index contributed by atoms with van der Waals surface area (Å²) in [5, 5.41) is 0. The van der Waals surface area contributed by atoms with Crippen LogP contribution in [0.5, 0.6) is 0 Å². The third-order valence-electron chi connectivity index (χ3n) is 1.92. The largest absolute Gasteiger partial charge is 1.00 e. The Labute approximate surface area is 136 Å². The number of halogens is 3. The molecule has 0 atom stereocenters. The van der Waals surface area contributed by atoms with E-state index in [2.05, 4.69) is 0 Å². The van der Waals surface area contributed by atoms with Gasteiger partial charge < -0.3 is 17.8 Å². The first-order valence-corrected chi connectivity index (χ1v) is 4.55. The summed E-state index contributed by atoms with van der Waals surface area (Å²) in [7, 11) is 3.76. The second kappa shape index (κ2) is 6.86. The van der Waals surface area contributed by atoms with Gasteiger partial charge in [-0.1, -0.05) is 18.2 Å². The third kappa shape index (κ3) is 6.10. The number of hydrogen-bond acceptors (Lipinski definition) is 1. The van der Waals surface area contributed by atoms with E-state index in [1.165, 1.54) is 0 Å². The van der Waals surface area contributed by atoms with Crippen molar-refractivity contribution < 1.29 is 64.3 Å². The van der Waals surface area contributed by atoms with E-state index in [-0.39, 0.29) is 51.4 Å². The molecule has 0 aromatic heterocycles. The SMILES string of the molecule is CN(C)c1ccc(/C=C/[B-](F)(F)F)cc1.[K+]. The Morgan fingerprint density at radius 1 is 1.06 bits per heavy atom. The molecular formula is C10H12BF3KN. The van der Waals surface area contributed by atoms with Crippen molar-refractivity contribution in [2.75, 3.05) is 19.0 Å². The molecule has 1 aromatic carbocycles. The van der Waals surface area contributed by atoms with Gasteiger partial charge in [-0.05, 0) is 17.7 Å². The van der Waals surface area contributed by atoms with E-state index in [4.69, 9.17) is 0 Å². The summed E-state index contributed by atoms with van der Waals surface area (Å²) in [6.07, 6.45) is 1.08. The van der Waals surface area contributed by atoms with Gasteiger partial charge in [0, 0.05) is 19.8 Å². The molecule has 1 aromatic rings. The number of nitrogens with zero attached hydrogens (tertiary/aromatic N) is 1. The first-order chi connectivity index (χ1) is 6.88. The number of rotatable bonds is 3. The van der Waals surface area contributed by atoms with Gasteiger partial charge in [-0.2, -0.15) is 0 Å². The molecule has 0 saturated carbocycles. The molecule has 1 nitrogen and oxygen atoms in total. The van der Waals surface area contributed by atoms with Crippen LogP contribution in [0, 0.1) is 0 Å². The Kier molecular flexibility index (Phi) is 6.97. The summed E-state index contributed by atoms with van der Waals surface area (Å²) in [5.41, 5.74) is 1.52. The van der Waals surface area contributed by atoms with Crippen molar-refractivity contribution in [3.63, 3.8) is 0 Å². The van der Waals surface area contributed by atoms with E-state index < -0.39 is 6.98 Å². The molecule has 6 heteroatoms. The van der Waals surface area contributed by atoms with Crippen LogP contribution in [0.15, 0.2) is 30.2 Å². The van der Waals surface area contributed by atoms with Gasteiger partial charge in [-0.15, -0.1) is 5.98 Å². The summed E-state index contributed by atoms with van der Waals surface area (Å²) < 4.78 is 35.7. The summed E-state index contributed by atoms with van der Waals surface area (Å²) >= 11 is 0. The van der Waals surface area contributed by atoms with Crippen LogP contribution < -0.4 is 56.3 Å². The summed E-state index contributed by atoms with van der Waals surface area (Å²) in [5.74, 6) is 0.296. The van der Waals surface area contributed by atoms with E-state index in [0.717, 1.165) is 11.8 Å². The summed E-state index contributed by atoms with van der Waals surface area (Å²) in [6.45, 7) is -4.84. The molecule has 0 saturated heterocycles. The average Bonchev–Trinajstić information content (AvgIpc) is 2.14. The first kappa shape index (κ1) is 16.3. The van der Waals surface area contributed by atoms with Crippen molar-refractivity contribution in [2.24, 2.45) is 0 Å². The van der Waals surface area contributed by atoms with Crippen molar-refractivity contribution in [3.8, 4) is 0 Å². The summed E-state index contributed by atoms with van der Waals surface area (Å²) in [4.78, 5) is 1.89. The van der Waals surface area contributed by atoms with Crippen LogP contribution in [-0.2, 0) is 0 Å². The Hall–Kier alpha value is 0.251. The minimum absolute atomic E-state index is 0. The van der Waals surface area contributed by atoms with Crippen molar-refractivity contribution in [3.05, 3.63) is 35.8 Å². The quantitative estimate of drug-likeness (QED) is 0.693. The van der Waals surface area contributed by atoms with E-state index in [9.17, 15) is 12.9 Å². The summed E-state index contributed by atoms with van der Waals surface area (Å²) in [6, 6.07) is 6.88. The minimum Gasteiger partial charge on any atom is -0.445 e. The van der Waals surface area contributed by atoms with Crippen LogP contribution in [0.3, 0.4) is 0 Å². The van der Waals surface area contributed by atoms with Gasteiger partial charge in [-0.3, -0.25) is 0 Å². The van der Waals surface area contributed by atoms with Crippen LogP contribution in [0.1, 0.15) is 5.56 Å². The fourth-order valence-electron chi connectivity index (χ4n) is 1.10. The van der Waals surface area contributed by atoms with Gasteiger partial charge in [-0.25, -0.2) is 0 Å². The van der Waals surface area contributed by atoms with Crippen molar-refractivity contribution in [1.29, 1.82) is 0 Å². The number of benzene rings is 1. The molecule has 0 aliphatic carbocycles. The predicted molar refractivity (Wildman–Crippen MR) is 58.9 cm³/mol. The van der Waals surface area contributed by atoms with Crippen LogP contribution in [0.4, 0.5) is 18.6 Å². The maximum absolute atomic E-state index is 11.9. The Morgan fingerprint density at radius 3 is 1.94 bits per heavy atom. The monoisotopic (exact) mass is 253 g/mol. The minimum atomic E-state index is -4.84. The number of hydrogen-bond donors (Lipinski definition) is 0. The average molecular weight is 253 g/mol. The molecule has 0 radical (unpaired) electrons. The molecule has 82 valence electrons. The molecule has 0 aliphatic rings. The van der Waals surface area contributed by atoms with Gasteiger partial charge in [0.25, 0.3) is 0 Å². The Balaban J connectivity index is 0.00000225. The maximum Gasteiger partial charge on any atom is 1.00 e. The van der Waals surface area contributed by atoms with Gasteiger partial charge in [0.15, 0.2) is 0 Å². The molecule has 0 bridgehead atoms. The van der Waals surface area contributed by atoms with Crippen molar-refractivity contribution in [2.45, 2.75) is 0 Å². The molecule has 0 heterocycles. The zero-order valence-corrected chi connectivity index (χ0v) is 12.7. The molecule has 16 heavy (non-hydrogen) atoms. The van der Waals surface area contributed by atoms with Crippen molar-refractivity contribution >= 4 is 18.7 Å². The number of anilines is 1. The van der Waals surface area contributed by atoms with E-state index in [1.54, 1.807) is 24.3 Å². The molecule has 0 spiro atoms. The standard InChI is InChI=1S/C10H12BF3N.K/c1-15(2)10-5-3-9(4-6-10)7-8-11(12,13)14;/h3-8H,1-2H3;/q-1;+1/b8-7+;. The van der Waals surface area contributed by atoms with Crippen LogP contribution in [-0.4, -0.2) is 21.1 Å². The Morgan fingerprint density at radius 2 is 1.56 bits per heavy atom. The normalized spacial score (nSPS) is 11.3. The van der Waals surface area contributed by atoms with Gasteiger partial charge in [0.1, 0.15) is 0 Å². The van der Waals surface area contributed by atoms with Crippen molar-refractivity contribution in [1.82, 2.24) is 0 Å². The smallest absolute Gasteiger partial charge is 0.445 e. The molecule has 0 aliphatic heterocycles. The molecule has 0 N–H and O–H groups in total. The fraction of sp³-hybridized carbons (Fsp3) is 0.200. The van der Waals surface area contributed by atoms with E-state index >= 15 is 0 Å². The third-order valence-corrected chi connectivity index (χ3v) is 1.92. The van der Waals surface area contributed by atoms with Gasteiger partial charge in [0.05, 0.1) is 0 Å². The molecule has 1 rings (SSSR count). The van der Waals surface area contributed by atoms with E-state index in [0.29, 0.717) is 11.5 Å². The maximum atomic E-state index is 11.9. The first-order valence-electron chi connectivity index (χ1n) is 4.55. The predicted octanol–water partition coefficient (Wildman–Crippen LogP) is 0.156. The second-order valence-electron chi connectivity index (χ2n) is 3.47. The Bertz CT molecular complexity index is 346. The molecule has 0 amide bonds. The van der Waals surface area contributed by atoms with Crippen LogP contribution >= 0.6 is 0 Å². The van der Waals surface area contributed by atoms with Gasteiger partial charge in [0.2, 0.25) is 0 Å².